The van der Waals surface area contributed by atoms with Gasteiger partial charge < -0.3 is 10.0 Å². The van der Waals surface area contributed by atoms with Crippen LogP contribution < -0.4 is 0 Å². The average molecular weight is 239 g/mol. The summed E-state index contributed by atoms with van der Waals surface area (Å²) in [6.07, 6.45) is 3.01. The number of aromatic nitrogens is 4. The Bertz CT molecular complexity index is 405. The highest BCUT2D eigenvalue weighted by Gasteiger charge is 2.32. The largest absolute Gasteiger partial charge is 0.480 e. The molecule has 1 amide bonds. The summed E-state index contributed by atoms with van der Waals surface area (Å²) < 4.78 is 0. The van der Waals surface area contributed by atoms with Gasteiger partial charge in [0.15, 0.2) is 0 Å². The molecule has 1 unspecified atom stereocenters. The summed E-state index contributed by atoms with van der Waals surface area (Å²) in [5, 5.41) is 21.8. The Kier molecular flexibility index (Phi) is 3.31. The fourth-order valence-corrected chi connectivity index (χ4v) is 1.99. The summed E-state index contributed by atoms with van der Waals surface area (Å²) in [7, 11) is 0. The van der Waals surface area contributed by atoms with Crippen LogP contribution in [0.5, 0.6) is 0 Å². The number of tetrazole rings is 1. The summed E-state index contributed by atoms with van der Waals surface area (Å²) in [6, 6.07) is -0.788. The first-order valence-corrected chi connectivity index (χ1v) is 5.47. The summed E-state index contributed by atoms with van der Waals surface area (Å²) in [6.45, 7) is 0.421. The van der Waals surface area contributed by atoms with Crippen molar-refractivity contribution >= 4 is 11.9 Å². The monoisotopic (exact) mass is 239 g/mol. The number of carbonyl (C=O) groups excluding carboxylic acids is 1. The van der Waals surface area contributed by atoms with Crippen molar-refractivity contribution in [2.45, 2.75) is 31.7 Å². The van der Waals surface area contributed by atoms with Gasteiger partial charge in [-0.15, -0.1) is 10.2 Å². The molecular formula is C9H13N5O3. The van der Waals surface area contributed by atoms with E-state index >= 15 is 0 Å². The molecule has 0 radical (unpaired) electrons. The zero-order valence-electron chi connectivity index (χ0n) is 9.17. The van der Waals surface area contributed by atoms with Gasteiger partial charge in [0, 0.05) is 6.54 Å². The maximum Gasteiger partial charge on any atom is 0.326 e. The zero-order valence-corrected chi connectivity index (χ0v) is 9.17. The first-order chi connectivity index (χ1) is 8.20. The number of hydrogen-bond acceptors (Lipinski definition) is 5. The summed E-state index contributed by atoms with van der Waals surface area (Å²) >= 11 is 0. The van der Waals surface area contributed by atoms with Crippen LogP contribution in [0.25, 0.3) is 0 Å². The molecule has 1 aliphatic rings. The van der Waals surface area contributed by atoms with E-state index in [4.69, 9.17) is 5.11 Å². The second-order valence-corrected chi connectivity index (χ2v) is 3.94. The van der Waals surface area contributed by atoms with E-state index in [0.29, 0.717) is 13.0 Å². The molecule has 1 aromatic rings. The number of rotatable bonds is 2. The highest BCUT2D eigenvalue weighted by molar-refractivity contribution is 5.93. The SMILES string of the molecule is O=C(O)C1CCCCCN1C(=O)c1nn[nH]n1. The lowest BCUT2D eigenvalue weighted by molar-refractivity contribution is -0.142. The first kappa shape index (κ1) is 11.5. The lowest BCUT2D eigenvalue weighted by Gasteiger charge is -2.25. The van der Waals surface area contributed by atoms with E-state index in [9.17, 15) is 9.59 Å². The van der Waals surface area contributed by atoms with Gasteiger partial charge in [0.25, 0.3) is 11.7 Å². The molecule has 1 atom stereocenters. The van der Waals surface area contributed by atoms with Gasteiger partial charge in [0.2, 0.25) is 0 Å². The van der Waals surface area contributed by atoms with Crippen LogP contribution in [0.2, 0.25) is 0 Å². The molecule has 2 rings (SSSR count). The molecular weight excluding hydrogens is 226 g/mol. The molecule has 0 saturated carbocycles. The van der Waals surface area contributed by atoms with Crippen LogP contribution >= 0.6 is 0 Å². The van der Waals surface area contributed by atoms with Crippen LogP contribution in [0.1, 0.15) is 36.3 Å². The lowest BCUT2D eigenvalue weighted by Crippen LogP contribution is -2.45. The minimum atomic E-state index is -0.983. The van der Waals surface area contributed by atoms with Gasteiger partial charge in [0.05, 0.1) is 0 Å². The zero-order chi connectivity index (χ0) is 12.3. The quantitative estimate of drug-likeness (QED) is 0.730. The number of carbonyl (C=O) groups is 2. The minimum absolute atomic E-state index is 0.0850. The van der Waals surface area contributed by atoms with E-state index in [1.54, 1.807) is 0 Å². The van der Waals surface area contributed by atoms with Crippen molar-refractivity contribution in [3.63, 3.8) is 0 Å². The Morgan fingerprint density at radius 2 is 2.18 bits per heavy atom. The molecule has 92 valence electrons. The van der Waals surface area contributed by atoms with Crippen LogP contribution in [-0.4, -0.2) is 55.1 Å². The molecule has 1 aliphatic heterocycles. The van der Waals surface area contributed by atoms with Crippen molar-refractivity contribution in [2.24, 2.45) is 0 Å². The van der Waals surface area contributed by atoms with Gasteiger partial charge >= 0.3 is 5.97 Å². The third kappa shape index (κ3) is 2.40. The van der Waals surface area contributed by atoms with Crippen molar-refractivity contribution in [2.75, 3.05) is 6.54 Å². The Morgan fingerprint density at radius 1 is 1.35 bits per heavy atom. The number of carboxylic acids is 1. The topological polar surface area (TPSA) is 112 Å². The van der Waals surface area contributed by atoms with Crippen LogP contribution in [0.15, 0.2) is 0 Å². The van der Waals surface area contributed by atoms with Gasteiger partial charge in [0.1, 0.15) is 6.04 Å². The average Bonchev–Trinajstić information content (AvgIpc) is 2.71. The number of likely N-dealkylation sites (tertiary alicyclic amines) is 1. The second-order valence-electron chi connectivity index (χ2n) is 3.94. The van der Waals surface area contributed by atoms with Crippen LogP contribution in [0.3, 0.4) is 0 Å². The van der Waals surface area contributed by atoms with Crippen LogP contribution in [0, 0.1) is 0 Å². The molecule has 8 heteroatoms. The summed E-state index contributed by atoms with van der Waals surface area (Å²) in [4.78, 5) is 24.5. The standard InChI is InChI=1S/C9H13N5O3/c15-8(7-10-12-13-11-7)14-5-3-1-2-4-6(14)9(16)17/h6H,1-5H2,(H,16,17)(H,10,11,12,13). The first-order valence-electron chi connectivity index (χ1n) is 5.47. The fourth-order valence-electron chi connectivity index (χ4n) is 1.99. The van der Waals surface area contributed by atoms with Crippen LogP contribution in [-0.2, 0) is 4.79 Å². The molecule has 2 N–H and O–H groups in total. The summed E-state index contributed by atoms with van der Waals surface area (Å²) in [5.41, 5.74) is 0. The Balaban J connectivity index is 2.20. The van der Waals surface area contributed by atoms with E-state index in [1.807, 2.05) is 0 Å². The number of amides is 1. The molecule has 1 aromatic heterocycles. The number of nitrogens with one attached hydrogen (secondary N) is 1. The van der Waals surface area contributed by atoms with Gasteiger partial charge in [-0.25, -0.2) is 4.79 Å². The van der Waals surface area contributed by atoms with Crippen molar-refractivity contribution in [1.82, 2.24) is 25.5 Å². The fraction of sp³-hybridized carbons (Fsp3) is 0.667. The molecule has 0 bridgehead atoms. The van der Waals surface area contributed by atoms with Gasteiger partial charge in [-0.3, -0.25) is 4.79 Å². The van der Waals surface area contributed by atoms with Gasteiger partial charge in [-0.2, -0.15) is 5.21 Å². The third-order valence-corrected chi connectivity index (χ3v) is 2.84. The van der Waals surface area contributed by atoms with E-state index < -0.39 is 17.9 Å². The predicted molar refractivity (Wildman–Crippen MR) is 55.1 cm³/mol. The molecule has 2 heterocycles. The molecule has 0 aliphatic carbocycles. The number of nitrogens with zero attached hydrogens (tertiary/aromatic N) is 4. The second kappa shape index (κ2) is 4.89. The van der Waals surface area contributed by atoms with Crippen LogP contribution in [0.4, 0.5) is 0 Å². The Labute approximate surface area is 97.0 Å². The highest BCUT2D eigenvalue weighted by Crippen LogP contribution is 2.18. The predicted octanol–water partition coefficient (Wildman–Crippen LogP) is -0.331. The molecule has 8 nitrogen and oxygen atoms in total. The number of aliphatic carboxylic acids is 1. The van der Waals surface area contributed by atoms with Crippen molar-refractivity contribution < 1.29 is 14.7 Å². The van der Waals surface area contributed by atoms with Crippen molar-refractivity contribution in [3.05, 3.63) is 5.82 Å². The third-order valence-electron chi connectivity index (χ3n) is 2.84. The molecule has 1 saturated heterocycles. The highest BCUT2D eigenvalue weighted by atomic mass is 16.4. The smallest absolute Gasteiger partial charge is 0.326 e. The maximum atomic E-state index is 12.0. The van der Waals surface area contributed by atoms with E-state index in [0.717, 1.165) is 19.3 Å². The molecule has 1 fully saturated rings. The normalized spacial score (nSPS) is 20.9. The molecule has 0 aromatic carbocycles. The molecule has 17 heavy (non-hydrogen) atoms. The van der Waals surface area contributed by atoms with E-state index in [2.05, 4.69) is 20.6 Å². The number of aromatic amines is 1. The van der Waals surface area contributed by atoms with Gasteiger partial charge in [-0.1, -0.05) is 12.8 Å². The van der Waals surface area contributed by atoms with E-state index in [1.165, 1.54) is 4.90 Å². The minimum Gasteiger partial charge on any atom is -0.480 e. The Morgan fingerprint density at radius 3 is 2.82 bits per heavy atom. The molecule has 0 spiro atoms. The van der Waals surface area contributed by atoms with E-state index in [-0.39, 0.29) is 5.82 Å². The number of hydrogen-bond donors (Lipinski definition) is 2. The number of H-pyrrole nitrogens is 1. The summed E-state index contributed by atoms with van der Waals surface area (Å²) in [5.74, 6) is -1.55. The maximum absolute atomic E-state index is 12.0. The Hall–Kier alpha value is -1.99. The van der Waals surface area contributed by atoms with Gasteiger partial charge in [-0.05, 0) is 18.1 Å². The number of carboxylic acid groups (broad SMARTS) is 1. The van der Waals surface area contributed by atoms with Crippen molar-refractivity contribution in [3.8, 4) is 0 Å². The lowest BCUT2D eigenvalue weighted by atomic mass is 10.1. The van der Waals surface area contributed by atoms with Crippen molar-refractivity contribution in [1.29, 1.82) is 0 Å².